The van der Waals surface area contributed by atoms with E-state index in [9.17, 15) is 86.3 Å². The van der Waals surface area contributed by atoms with Crippen molar-refractivity contribution in [1.82, 2.24) is 43.6 Å². The van der Waals surface area contributed by atoms with Gasteiger partial charge in [0.2, 0.25) is 17.8 Å². The van der Waals surface area contributed by atoms with Crippen LogP contribution in [0.15, 0.2) is 142 Å². The number of alkyl halides is 3. The minimum atomic E-state index is -4.16. The van der Waals surface area contributed by atoms with Gasteiger partial charge in [-0.05, 0) is 117 Å². The Bertz CT molecular complexity index is 4970. The molecule has 39 nitrogen and oxygen atoms in total. The minimum absolute atomic E-state index is 0.0138. The summed E-state index contributed by atoms with van der Waals surface area (Å²) < 4.78 is 157. The normalized spacial score (nSPS) is 25.6. The van der Waals surface area contributed by atoms with Crippen LogP contribution in [0.3, 0.4) is 0 Å². The molecule has 3 fully saturated rings. The fraction of sp³-hybridized carbons (Fsp3) is 0.500. The highest BCUT2D eigenvalue weighted by molar-refractivity contribution is 7.55. The molecule has 6 aromatic heterocycles. The Balaban J connectivity index is 0.000000193. The third-order valence-corrected chi connectivity index (χ3v) is 26.3. The van der Waals surface area contributed by atoms with E-state index in [0.29, 0.717) is 0 Å². The third kappa shape index (κ3) is 21.6. The number of halogens is 3. The van der Waals surface area contributed by atoms with Crippen LogP contribution < -0.4 is 47.5 Å². The predicted octanol–water partition coefficient (Wildman–Crippen LogP) is 7.59. The second-order valence-electron chi connectivity index (χ2n) is 31.0. The molecule has 45 heteroatoms. The number of aliphatic hydroxyl groups excluding tert-OH is 3. The summed E-state index contributed by atoms with van der Waals surface area (Å²) in [5.41, 5.74) is 7.75. The molecule has 0 aliphatic carbocycles. The summed E-state index contributed by atoms with van der Waals surface area (Å²) in [6, 6.07) is 28.5. The second-order valence-corrected chi connectivity index (χ2v) is 36.9. The van der Waals surface area contributed by atoms with Crippen LogP contribution in [0.5, 0.6) is 17.2 Å². The topological polar surface area (TPSA) is 565 Å². The Morgan fingerprint density at radius 1 is 0.423 bits per heavy atom. The van der Waals surface area contributed by atoms with E-state index >= 15 is 0 Å². The van der Waals surface area contributed by atoms with E-state index in [2.05, 4.69) is 29.9 Å². The molecule has 4 unspecified atom stereocenters. The van der Waals surface area contributed by atoms with Crippen LogP contribution in [-0.2, 0) is 70.1 Å². The zero-order chi connectivity index (χ0) is 90.3. The lowest BCUT2D eigenvalue weighted by Crippen LogP contribution is -2.50. The van der Waals surface area contributed by atoms with Gasteiger partial charge in [-0.2, -0.15) is 15.0 Å². The van der Waals surface area contributed by atoms with Gasteiger partial charge in [-0.3, -0.25) is 57.3 Å². The number of para-hydroxylation sites is 3. The summed E-state index contributed by atoms with van der Waals surface area (Å²) in [4.78, 5) is 93.5. The molecule has 12 rings (SSSR count). The van der Waals surface area contributed by atoms with Crippen LogP contribution in [0.4, 0.5) is 31.0 Å². The molecular formula is C78H102F3N12O27P3. The van der Waals surface area contributed by atoms with Crippen molar-refractivity contribution in [2.45, 2.75) is 192 Å². The fourth-order valence-corrected chi connectivity index (χ4v) is 20.2. The van der Waals surface area contributed by atoms with Gasteiger partial charge >= 0.3 is 40.7 Å². The molecule has 9 aromatic rings. The van der Waals surface area contributed by atoms with Crippen LogP contribution in [0.2, 0.25) is 0 Å². The van der Waals surface area contributed by atoms with E-state index < -0.39 is 204 Å². The van der Waals surface area contributed by atoms with Crippen LogP contribution in [0, 0.1) is 17.8 Å². The Morgan fingerprint density at radius 2 is 0.650 bits per heavy atom. The van der Waals surface area contributed by atoms with E-state index in [1.807, 2.05) is 0 Å². The number of nitrogens with one attached hydrogen (secondary N) is 3. The number of H-pyrrole nitrogens is 3. The molecule has 0 radical (unpaired) electrons. The summed E-state index contributed by atoms with van der Waals surface area (Å²) >= 11 is 0. The summed E-state index contributed by atoms with van der Waals surface area (Å²) in [7, 11) is -12.5. The molecule has 0 bridgehead atoms. The highest BCUT2D eigenvalue weighted by Gasteiger charge is 2.62. The van der Waals surface area contributed by atoms with Crippen LogP contribution in [0.25, 0.3) is 33.1 Å². The number of carbonyl (C=O) groups excluding carboxylic acids is 3. The highest BCUT2D eigenvalue weighted by Crippen LogP contribution is 2.57. The number of aromatic nitrogens is 9. The van der Waals surface area contributed by atoms with E-state index in [0.717, 1.165) is 0 Å². The van der Waals surface area contributed by atoms with Crippen LogP contribution >= 0.6 is 22.8 Å². The number of fused-ring (bicyclic) bond motifs is 3. The van der Waals surface area contributed by atoms with Crippen molar-refractivity contribution in [3.05, 3.63) is 159 Å². The van der Waals surface area contributed by atoms with Gasteiger partial charge in [0.05, 0.1) is 89.0 Å². The molecule has 3 aromatic carbocycles. The number of rotatable bonds is 33. The van der Waals surface area contributed by atoms with Gasteiger partial charge in [0.25, 0.3) is 16.7 Å². The van der Waals surface area contributed by atoms with Crippen LogP contribution in [0.1, 0.15) is 102 Å². The molecule has 0 spiro atoms. The molecule has 3 aliphatic heterocycles. The van der Waals surface area contributed by atoms with E-state index in [1.54, 1.807) is 133 Å². The Kier molecular flexibility index (Phi) is 30.3. The van der Waals surface area contributed by atoms with Crippen molar-refractivity contribution in [2.24, 2.45) is 17.8 Å². The van der Waals surface area contributed by atoms with Crippen molar-refractivity contribution in [3.63, 3.8) is 0 Å². The maximum Gasteiger partial charge on any atom is 0.380 e. The van der Waals surface area contributed by atoms with Gasteiger partial charge in [-0.1, -0.05) is 75.4 Å². The number of nitrogens with zero attached hydrogens (tertiary/aromatic N) is 6. The van der Waals surface area contributed by atoms with Crippen LogP contribution in [-0.4, -0.2) is 221 Å². The first-order chi connectivity index (χ1) is 57.8. The van der Waals surface area contributed by atoms with Crippen molar-refractivity contribution in [2.75, 3.05) is 55.7 Å². The number of aromatic amines is 3. The lowest BCUT2D eigenvalue weighted by molar-refractivity contribution is -0.152. The predicted molar refractivity (Wildman–Crippen MR) is 438 cm³/mol. The van der Waals surface area contributed by atoms with E-state index in [4.69, 9.17) is 72.8 Å². The molecule has 21 atom stereocenters. The number of nitrogen functional groups attached to an aromatic ring is 3. The number of nitrogens with two attached hydrogens (primary N) is 3. The number of ether oxygens (including phenoxy) is 6. The average molecular weight is 1790 g/mol. The van der Waals surface area contributed by atoms with Crippen molar-refractivity contribution in [1.29, 1.82) is 0 Å². The third-order valence-electron chi connectivity index (χ3n) is 19.9. The summed E-state index contributed by atoms with van der Waals surface area (Å²) in [6.45, 7) is 14.5. The number of esters is 3. The molecule has 3 aliphatic rings. The summed E-state index contributed by atoms with van der Waals surface area (Å²) in [6.07, 6.45) is -16.7. The number of anilines is 3. The standard InChI is InChI=1S/3C26H34FN4O9P/c3*1-14(2)37-23(34)15(3)12-41(36,40-17-8-6-5-7-9-17)39-16(4)19-20(32)26(35,13-27)24(38-19)31-11-10-18-21(31)29-25(28)30-22(18)33/h3*5-11,14-16,19-20,24,32,35H,12-13H2,1-4H3,(H3,28,29,30,33)/t15-,16-,19-,20+,24-,26?,41?;15-,16-,19-,20+,24-,26?,41+;15-,16-,19-,20+,24-,26?,41-/m111/s1. The molecule has 672 valence electrons. The van der Waals surface area contributed by atoms with Crippen molar-refractivity contribution < 1.29 is 127 Å². The zero-order valence-corrected chi connectivity index (χ0v) is 71.6. The fourth-order valence-electron chi connectivity index (χ4n) is 14.0. The molecule has 0 saturated carbocycles. The SMILES string of the molecule is CC(C)OC(=O)[C@H](C)CP(=O)(Oc1ccccc1)O[C@H](C)[C@H]1O[C@@H](n2ccc3c(=O)[nH]c(N)nc32)C(O)(CF)[C@H]1O.CC(C)OC(=O)[C@H](C)C[P@@](=O)(Oc1ccccc1)O[C@H](C)[C@H]1O[C@@H](n2ccc3c(=O)[nH]c(N)nc32)C(O)(CF)[C@H]1O.CC(C)OC(=O)[C@H](C)C[P@](=O)(Oc1ccccc1)O[C@H](C)[C@H]1O[C@@H](n2ccc3c(=O)[nH]c(N)nc32)C(O)(CF)[C@H]1O. The Labute approximate surface area is 701 Å². The lowest BCUT2D eigenvalue weighted by Gasteiger charge is -2.30. The summed E-state index contributed by atoms with van der Waals surface area (Å²) in [5, 5.41) is 67.1. The maximum absolute atomic E-state index is 14.4. The Morgan fingerprint density at radius 3 is 0.862 bits per heavy atom. The largest absolute Gasteiger partial charge is 0.463 e. The number of carbonyl (C=O) groups is 3. The number of benzene rings is 3. The average Bonchev–Trinajstić information content (AvgIpc) is 1.59. The molecule has 123 heavy (non-hydrogen) atoms. The zero-order valence-electron chi connectivity index (χ0n) is 68.9. The molecule has 3 saturated heterocycles. The number of aliphatic hydroxyl groups is 6. The molecular weight excluding hydrogens is 1690 g/mol. The van der Waals surface area contributed by atoms with Gasteiger partial charge in [0, 0.05) is 18.6 Å². The molecule has 9 heterocycles. The van der Waals surface area contributed by atoms with Crippen molar-refractivity contribution >= 4 is 91.6 Å². The van der Waals surface area contributed by atoms with E-state index in [1.165, 1.54) is 92.0 Å². The lowest BCUT2D eigenvalue weighted by atomic mass is 9.93. The first-order valence-corrected chi connectivity index (χ1v) is 44.1. The smallest absolute Gasteiger partial charge is 0.380 e. The van der Waals surface area contributed by atoms with Gasteiger partial charge in [0.1, 0.15) is 73.9 Å². The maximum atomic E-state index is 14.4. The second kappa shape index (κ2) is 39.1. The number of hydrogen-bond acceptors (Lipinski definition) is 33. The van der Waals surface area contributed by atoms with Gasteiger partial charge < -0.3 is 104 Å². The summed E-state index contributed by atoms with van der Waals surface area (Å²) in [5.74, 6) is -4.59. The van der Waals surface area contributed by atoms with E-state index in [-0.39, 0.29) is 86.7 Å². The first kappa shape index (κ1) is 95.4. The Hall–Kier alpha value is -9.87. The van der Waals surface area contributed by atoms with Crippen molar-refractivity contribution in [3.8, 4) is 17.2 Å². The minimum Gasteiger partial charge on any atom is -0.463 e. The molecule has 0 amide bonds. The highest BCUT2D eigenvalue weighted by atomic mass is 31.2. The monoisotopic (exact) mass is 1790 g/mol. The molecule has 15 N–H and O–H groups in total. The number of hydrogen-bond donors (Lipinski definition) is 12. The first-order valence-electron chi connectivity index (χ1n) is 39.0. The van der Waals surface area contributed by atoms with Gasteiger partial charge in [-0.25, -0.2) is 26.9 Å². The van der Waals surface area contributed by atoms with Gasteiger partial charge in [-0.15, -0.1) is 0 Å². The van der Waals surface area contributed by atoms with Gasteiger partial charge in [0.15, 0.2) is 52.4 Å². The quantitative estimate of drug-likeness (QED) is 0.0107.